The first-order valence-electron chi connectivity index (χ1n) is 12.1. The van der Waals surface area contributed by atoms with Crippen molar-refractivity contribution in [3.8, 4) is 11.5 Å². The third-order valence-corrected chi connectivity index (χ3v) is 8.70. The standard InChI is InChI=1S/C28H30N2O5S/c1-18-7-14-25-26(15-18)35-27(17-30(25)36(32,33)24-12-10-23(34-3)11-13-24)28(31)29-19(2)21-9-8-20-5-4-6-22(20)16-21/h7-16,19,27H,4-6,17H2,1-3H3,(H,29,31)/t19-,27-/m0/s1. The fraction of sp³-hybridized carbons (Fsp3) is 0.321. The molecule has 8 heteroatoms. The molecule has 1 aliphatic carbocycles. The largest absolute Gasteiger partial charge is 0.497 e. The third-order valence-electron chi connectivity index (χ3n) is 6.91. The molecule has 7 nitrogen and oxygen atoms in total. The molecule has 188 valence electrons. The number of methoxy groups -OCH3 is 1. The summed E-state index contributed by atoms with van der Waals surface area (Å²) in [5.41, 5.74) is 5.05. The second-order valence-electron chi connectivity index (χ2n) is 9.40. The van der Waals surface area contributed by atoms with Gasteiger partial charge in [0.1, 0.15) is 11.5 Å². The van der Waals surface area contributed by atoms with Gasteiger partial charge in [0, 0.05) is 0 Å². The Balaban J connectivity index is 1.41. The third kappa shape index (κ3) is 4.53. The molecule has 2 aliphatic rings. The fourth-order valence-electron chi connectivity index (χ4n) is 4.85. The van der Waals surface area contributed by atoms with E-state index in [1.165, 1.54) is 34.7 Å². The van der Waals surface area contributed by atoms with Crippen LogP contribution in [0.2, 0.25) is 0 Å². The van der Waals surface area contributed by atoms with Gasteiger partial charge in [-0.05, 0) is 91.8 Å². The Morgan fingerprint density at radius 1 is 1.06 bits per heavy atom. The number of carbonyl (C=O) groups is 1. The van der Waals surface area contributed by atoms with E-state index in [1.54, 1.807) is 24.3 Å². The molecule has 36 heavy (non-hydrogen) atoms. The van der Waals surface area contributed by atoms with Crippen LogP contribution >= 0.6 is 0 Å². The number of carbonyl (C=O) groups excluding carboxylic acids is 1. The molecule has 1 amide bonds. The smallest absolute Gasteiger partial charge is 0.264 e. The van der Waals surface area contributed by atoms with Gasteiger partial charge in [0.05, 0.1) is 30.3 Å². The molecule has 0 spiro atoms. The summed E-state index contributed by atoms with van der Waals surface area (Å²) >= 11 is 0. The summed E-state index contributed by atoms with van der Waals surface area (Å²) < 4.78 is 39.8. The summed E-state index contributed by atoms with van der Waals surface area (Å²) in [6.07, 6.45) is 2.32. The van der Waals surface area contributed by atoms with Gasteiger partial charge in [-0.2, -0.15) is 0 Å². The maximum atomic E-state index is 13.7. The van der Waals surface area contributed by atoms with Gasteiger partial charge in [0.15, 0.2) is 6.10 Å². The molecule has 1 heterocycles. The van der Waals surface area contributed by atoms with E-state index in [0.717, 1.165) is 30.4 Å². The van der Waals surface area contributed by atoms with Crippen molar-refractivity contribution in [1.82, 2.24) is 5.32 Å². The van der Waals surface area contributed by atoms with Crippen molar-refractivity contribution in [2.24, 2.45) is 0 Å². The number of amides is 1. The van der Waals surface area contributed by atoms with Gasteiger partial charge in [-0.25, -0.2) is 8.42 Å². The van der Waals surface area contributed by atoms with E-state index in [2.05, 4.69) is 23.5 Å². The minimum atomic E-state index is -3.95. The van der Waals surface area contributed by atoms with E-state index in [9.17, 15) is 13.2 Å². The highest BCUT2D eigenvalue weighted by molar-refractivity contribution is 7.92. The number of hydrogen-bond acceptors (Lipinski definition) is 5. The van der Waals surface area contributed by atoms with E-state index >= 15 is 0 Å². The molecular formula is C28H30N2O5S. The summed E-state index contributed by atoms with van der Waals surface area (Å²) in [4.78, 5) is 13.4. The summed E-state index contributed by atoms with van der Waals surface area (Å²) in [5.74, 6) is 0.568. The fourth-order valence-corrected chi connectivity index (χ4v) is 6.33. The lowest BCUT2D eigenvalue weighted by molar-refractivity contribution is -0.128. The van der Waals surface area contributed by atoms with Crippen molar-refractivity contribution < 1.29 is 22.7 Å². The zero-order chi connectivity index (χ0) is 25.4. The zero-order valence-electron chi connectivity index (χ0n) is 20.7. The van der Waals surface area contributed by atoms with Gasteiger partial charge in [-0.1, -0.05) is 24.3 Å². The van der Waals surface area contributed by atoms with Gasteiger partial charge in [0.2, 0.25) is 0 Å². The van der Waals surface area contributed by atoms with Crippen LogP contribution in [0.25, 0.3) is 0 Å². The van der Waals surface area contributed by atoms with Crippen LogP contribution in [0.5, 0.6) is 11.5 Å². The van der Waals surface area contributed by atoms with Crippen LogP contribution in [-0.4, -0.2) is 34.1 Å². The van der Waals surface area contributed by atoms with Crippen LogP contribution < -0.4 is 19.1 Å². The Morgan fingerprint density at radius 2 is 1.81 bits per heavy atom. The van der Waals surface area contributed by atoms with Gasteiger partial charge in [0.25, 0.3) is 15.9 Å². The average Bonchev–Trinajstić information content (AvgIpc) is 3.35. The summed E-state index contributed by atoms with van der Waals surface area (Å²) in [7, 11) is -2.42. The molecule has 0 saturated carbocycles. The molecule has 3 aromatic carbocycles. The van der Waals surface area contributed by atoms with Gasteiger partial charge in [-0.3, -0.25) is 9.10 Å². The van der Waals surface area contributed by atoms with Crippen molar-refractivity contribution in [3.63, 3.8) is 0 Å². The Hall–Kier alpha value is -3.52. The molecule has 1 N–H and O–H groups in total. The number of benzene rings is 3. The molecule has 0 unspecified atom stereocenters. The van der Waals surface area contributed by atoms with E-state index in [4.69, 9.17) is 9.47 Å². The maximum Gasteiger partial charge on any atom is 0.264 e. The summed E-state index contributed by atoms with van der Waals surface area (Å²) in [6, 6.07) is 17.6. The number of nitrogens with zero attached hydrogens (tertiary/aromatic N) is 1. The number of aryl methyl sites for hydroxylation is 3. The SMILES string of the molecule is COc1ccc(S(=O)(=O)N2C[C@@H](C(=O)N[C@@H](C)c3ccc4c(c3)CCC4)Oc3cc(C)ccc32)cc1. The molecule has 3 aromatic rings. The normalized spacial score (nSPS) is 17.5. The first kappa shape index (κ1) is 24.2. The molecule has 0 fully saturated rings. The molecule has 2 atom stereocenters. The maximum absolute atomic E-state index is 13.7. The topological polar surface area (TPSA) is 84.9 Å². The van der Waals surface area contributed by atoms with Crippen molar-refractivity contribution in [2.45, 2.75) is 50.2 Å². The predicted molar refractivity (Wildman–Crippen MR) is 138 cm³/mol. The molecule has 0 saturated heterocycles. The molecular weight excluding hydrogens is 476 g/mol. The number of fused-ring (bicyclic) bond motifs is 2. The monoisotopic (exact) mass is 506 g/mol. The lowest BCUT2D eigenvalue weighted by Crippen LogP contribution is -2.51. The molecule has 0 aromatic heterocycles. The molecule has 0 radical (unpaired) electrons. The summed E-state index contributed by atoms with van der Waals surface area (Å²) in [6.45, 7) is 3.69. The van der Waals surface area contributed by atoms with Crippen molar-refractivity contribution in [1.29, 1.82) is 0 Å². The number of nitrogens with one attached hydrogen (secondary N) is 1. The van der Waals surface area contributed by atoms with Crippen molar-refractivity contribution in [3.05, 3.63) is 82.9 Å². The lowest BCUT2D eigenvalue weighted by Gasteiger charge is -2.35. The van der Waals surface area contributed by atoms with E-state index in [0.29, 0.717) is 17.2 Å². The van der Waals surface area contributed by atoms with Crippen LogP contribution in [0.15, 0.2) is 65.6 Å². The first-order valence-corrected chi connectivity index (χ1v) is 13.6. The zero-order valence-corrected chi connectivity index (χ0v) is 21.5. The number of anilines is 1. The number of rotatable bonds is 6. The Labute approximate surface area is 212 Å². The van der Waals surface area contributed by atoms with Crippen molar-refractivity contribution in [2.75, 3.05) is 18.0 Å². The van der Waals surface area contributed by atoms with E-state index in [1.807, 2.05) is 19.9 Å². The molecule has 5 rings (SSSR count). The van der Waals surface area contributed by atoms with Crippen LogP contribution in [0.1, 0.15) is 41.6 Å². The lowest BCUT2D eigenvalue weighted by atomic mass is 10.0. The van der Waals surface area contributed by atoms with Gasteiger partial charge in [-0.15, -0.1) is 0 Å². The Kier molecular flexibility index (Phi) is 6.38. The number of sulfonamides is 1. The van der Waals surface area contributed by atoms with Gasteiger partial charge >= 0.3 is 0 Å². The number of hydrogen-bond donors (Lipinski definition) is 1. The quantitative estimate of drug-likeness (QED) is 0.538. The average molecular weight is 507 g/mol. The van der Waals surface area contributed by atoms with E-state index in [-0.39, 0.29) is 23.4 Å². The molecule has 0 bridgehead atoms. The summed E-state index contributed by atoms with van der Waals surface area (Å²) in [5, 5.41) is 3.03. The minimum Gasteiger partial charge on any atom is -0.497 e. The van der Waals surface area contributed by atoms with Crippen LogP contribution in [0.3, 0.4) is 0 Å². The second-order valence-corrected chi connectivity index (χ2v) is 11.3. The highest BCUT2D eigenvalue weighted by Gasteiger charge is 2.38. The van der Waals surface area contributed by atoms with Crippen molar-refractivity contribution >= 4 is 21.6 Å². The second kappa shape index (κ2) is 9.50. The first-order chi connectivity index (χ1) is 17.3. The Morgan fingerprint density at radius 3 is 2.56 bits per heavy atom. The highest BCUT2D eigenvalue weighted by atomic mass is 32.2. The predicted octanol–water partition coefficient (Wildman–Crippen LogP) is 4.33. The molecule has 1 aliphatic heterocycles. The number of ether oxygens (including phenoxy) is 2. The minimum absolute atomic E-state index is 0.113. The van der Waals surface area contributed by atoms with Crippen LogP contribution in [0.4, 0.5) is 5.69 Å². The van der Waals surface area contributed by atoms with E-state index < -0.39 is 16.1 Å². The highest BCUT2D eigenvalue weighted by Crippen LogP contribution is 2.38. The van der Waals surface area contributed by atoms with Crippen LogP contribution in [-0.2, 0) is 27.7 Å². The van der Waals surface area contributed by atoms with Crippen LogP contribution in [0, 0.1) is 6.92 Å². The Bertz CT molecular complexity index is 1400. The van der Waals surface area contributed by atoms with Gasteiger partial charge < -0.3 is 14.8 Å².